The van der Waals surface area contributed by atoms with Gasteiger partial charge in [-0.3, -0.25) is 5.32 Å². The maximum atomic E-state index is 11.7. The molecule has 6 nitrogen and oxygen atoms in total. The molecule has 1 aromatic rings. The second-order valence-corrected chi connectivity index (χ2v) is 4.92. The van der Waals surface area contributed by atoms with Crippen molar-refractivity contribution in [1.29, 1.82) is 0 Å². The van der Waals surface area contributed by atoms with Crippen molar-refractivity contribution in [2.24, 2.45) is 0 Å². The Morgan fingerprint density at radius 2 is 2.05 bits per heavy atom. The van der Waals surface area contributed by atoms with Gasteiger partial charge in [0.2, 0.25) is 0 Å². The average Bonchev–Trinajstić information content (AvgIpc) is 2.42. The number of ether oxygens (including phenoxy) is 1. The number of nitrogens with one attached hydrogen (secondary N) is 1. The smallest absolute Gasteiger partial charge is 0.359 e. The van der Waals surface area contributed by atoms with Crippen molar-refractivity contribution >= 4 is 33.8 Å². The summed E-state index contributed by atoms with van der Waals surface area (Å²) in [4.78, 5) is 28.8. The number of hydrogen-bond acceptors (Lipinski definition) is 4. The number of hydrogen-bond donors (Lipinski definition) is 1. The number of anilines is 1. The molecule has 0 saturated carbocycles. The SMILES string of the molecule is O=C(Nc1cccnc1Br)OC(=O)N1CCCCC1. The summed E-state index contributed by atoms with van der Waals surface area (Å²) < 4.78 is 5.22. The minimum atomic E-state index is -0.802. The summed E-state index contributed by atoms with van der Waals surface area (Å²) in [5, 5.41) is 2.46. The molecule has 0 aliphatic carbocycles. The van der Waals surface area contributed by atoms with Gasteiger partial charge in [-0.05, 0) is 47.3 Å². The molecule has 1 aliphatic heterocycles. The molecule has 102 valence electrons. The van der Waals surface area contributed by atoms with Gasteiger partial charge in [-0.25, -0.2) is 14.6 Å². The third-order valence-corrected chi connectivity index (χ3v) is 3.42. The minimum absolute atomic E-state index is 0.457. The Labute approximate surface area is 119 Å². The van der Waals surface area contributed by atoms with E-state index in [4.69, 9.17) is 4.74 Å². The second kappa shape index (κ2) is 6.51. The number of carbonyl (C=O) groups excluding carboxylic acids is 2. The maximum Gasteiger partial charge on any atom is 0.420 e. The molecule has 0 unspecified atom stereocenters. The second-order valence-electron chi connectivity index (χ2n) is 4.17. The summed E-state index contributed by atoms with van der Waals surface area (Å²) in [6, 6.07) is 3.33. The molecule has 0 atom stereocenters. The van der Waals surface area contributed by atoms with E-state index in [-0.39, 0.29) is 0 Å². The number of rotatable bonds is 1. The number of halogens is 1. The normalized spacial score (nSPS) is 14.9. The summed E-state index contributed by atoms with van der Waals surface area (Å²) in [7, 11) is 0. The fraction of sp³-hybridized carbons (Fsp3) is 0.417. The molecule has 1 fully saturated rings. The number of aromatic nitrogens is 1. The lowest BCUT2D eigenvalue weighted by molar-refractivity contribution is 0.117. The predicted octanol–water partition coefficient (Wildman–Crippen LogP) is 3.00. The third-order valence-electron chi connectivity index (χ3n) is 2.79. The van der Waals surface area contributed by atoms with Gasteiger partial charge in [0.15, 0.2) is 0 Å². The molecule has 2 amide bonds. The standard InChI is InChI=1S/C12H14BrN3O3/c13-10-9(5-4-6-14-10)15-11(17)19-12(18)16-7-2-1-3-8-16/h4-6H,1-3,7-8H2,(H,15,17). The van der Waals surface area contributed by atoms with Crippen LogP contribution in [0, 0.1) is 0 Å². The van der Waals surface area contributed by atoms with Gasteiger partial charge in [-0.2, -0.15) is 0 Å². The van der Waals surface area contributed by atoms with Gasteiger partial charge < -0.3 is 9.64 Å². The monoisotopic (exact) mass is 327 g/mol. The van der Waals surface area contributed by atoms with E-state index < -0.39 is 12.2 Å². The average molecular weight is 328 g/mol. The molecular weight excluding hydrogens is 314 g/mol. The summed E-state index contributed by atoms with van der Waals surface area (Å²) >= 11 is 3.19. The number of likely N-dealkylation sites (tertiary alicyclic amines) is 1. The van der Waals surface area contributed by atoms with Crippen molar-refractivity contribution in [3.05, 3.63) is 22.9 Å². The van der Waals surface area contributed by atoms with Crippen molar-refractivity contribution in [3.63, 3.8) is 0 Å². The fourth-order valence-electron chi connectivity index (χ4n) is 1.84. The molecule has 19 heavy (non-hydrogen) atoms. The first-order valence-electron chi connectivity index (χ1n) is 6.05. The molecule has 0 spiro atoms. The molecule has 0 radical (unpaired) electrons. The van der Waals surface area contributed by atoms with Crippen molar-refractivity contribution in [2.75, 3.05) is 18.4 Å². The van der Waals surface area contributed by atoms with Crippen LogP contribution in [0.4, 0.5) is 15.3 Å². The number of amides is 2. The predicted molar refractivity (Wildman–Crippen MR) is 72.9 cm³/mol. The van der Waals surface area contributed by atoms with Crippen LogP contribution in [0.3, 0.4) is 0 Å². The number of piperidine rings is 1. The zero-order valence-electron chi connectivity index (χ0n) is 10.3. The van der Waals surface area contributed by atoms with Gasteiger partial charge in [-0.15, -0.1) is 0 Å². The van der Waals surface area contributed by atoms with E-state index in [1.807, 2.05) is 0 Å². The van der Waals surface area contributed by atoms with Crippen LogP contribution in [0.15, 0.2) is 22.9 Å². The summed E-state index contributed by atoms with van der Waals surface area (Å²) in [5.74, 6) is 0. The first-order valence-corrected chi connectivity index (χ1v) is 6.84. The van der Waals surface area contributed by atoms with E-state index >= 15 is 0 Å². The Bertz CT molecular complexity index is 475. The molecule has 2 rings (SSSR count). The Kier molecular flexibility index (Phi) is 4.73. The quantitative estimate of drug-likeness (QED) is 0.635. The highest BCUT2D eigenvalue weighted by atomic mass is 79.9. The molecule has 1 aliphatic rings. The van der Waals surface area contributed by atoms with E-state index in [0.29, 0.717) is 23.4 Å². The summed E-state index contributed by atoms with van der Waals surface area (Å²) in [5.41, 5.74) is 0.457. The lowest BCUT2D eigenvalue weighted by Gasteiger charge is -2.25. The van der Waals surface area contributed by atoms with Crippen LogP contribution in [-0.4, -0.2) is 35.2 Å². The van der Waals surface area contributed by atoms with Crippen LogP contribution in [0.5, 0.6) is 0 Å². The molecule has 0 aromatic carbocycles. The molecule has 7 heteroatoms. The van der Waals surface area contributed by atoms with Crippen LogP contribution in [0.2, 0.25) is 0 Å². The lowest BCUT2D eigenvalue weighted by atomic mass is 10.1. The van der Waals surface area contributed by atoms with Gasteiger partial charge >= 0.3 is 12.2 Å². The Hall–Kier alpha value is -1.63. The van der Waals surface area contributed by atoms with Crippen molar-refractivity contribution in [1.82, 2.24) is 9.88 Å². The van der Waals surface area contributed by atoms with E-state index in [2.05, 4.69) is 26.2 Å². The lowest BCUT2D eigenvalue weighted by Crippen LogP contribution is -2.37. The van der Waals surface area contributed by atoms with E-state index in [1.54, 1.807) is 23.2 Å². The van der Waals surface area contributed by atoms with Crippen LogP contribution in [0.1, 0.15) is 19.3 Å². The van der Waals surface area contributed by atoms with Crippen LogP contribution < -0.4 is 5.32 Å². The number of nitrogens with zero attached hydrogens (tertiary/aromatic N) is 2. The molecule has 0 bridgehead atoms. The Balaban J connectivity index is 1.87. The van der Waals surface area contributed by atoms with Crippen molar-refractivity contribution < 1.29 is 14.3 Å². The molecule has 2 heterocycles. The zero-order valence-corrected chi connectivity index (χ0v) is 11.9. The van der Waals surface area contributed by atoms with E-state index in [9.17, 15) is 9.59 Å². The highest BCUT2D eigenvalue weighted by Crippen LogP contribution is 2.18. The van der Waals surface area contributed by atoms with Crippen molar-refractivity contribution in [3.8, 4) is 0 Å². The Morgan fingerprint density at radius 3 is 2.74 bits per heavy atom. The molecule has 1 N–H and O–H groups in total. The van der Waals surface area contributed by atoms with Gasteiger partial charge in [0.1, 0.15) is 4.60 Å². The summed E-state index contributed by atoms with van der Waals surface area (Å²) in [6.07, 6.45) is 3.19. The van der Waals surface area contributed by atoms with Crippen LogP contribution >= 0.6 is 15.9 Å². The topological polar surface area (TPSA) is 71.5 Å². The minimum Gasteiger partial charge on any atom is -0.359 e. The number of pyridine rings is 1. The van der Waals surface area contributed by atoms with Gasteiger partial charge in [-0.1, -0.05) is 0 Å². The molecular formula is C12H14BrN3O3. The Morgan fingerprint density at radius 1 is 1.32 bits per heavy atom. The first kappa shape index (κ1) is 13.8. The van der Waals surface area contributed by atoms with Crippen molar-refractivity contribution in [2.45, 2.75) is 19.3 Å². The van der Waals surface area contributed by atoms with E-state index in [0.717, 1.165) is 19.3 Å². The largest absolute Gasteiger partial charge is 0.420 e. The first-order chi connectivity index (χ1) is 9.16. The molecule has 1 saturated heterocycles. The highest BCUT2D eigenvalue weighted by Gasteiger charge is 2.20. The van der Waals surface area contributed by atoms with Gasteiger partial charge in [0.25, 0.3) is 0 Å². The number of carbonyl (C=O) groups is 2. The summed E-state index contributed by atoms with van der Waals surface area (Å²) in [6.45, 7) is 1.28. The van der Waals surface area contributed by atoms with Gasteiger partial charge in [0, 0.05) is 19.3 Å². The van der Waals surface area contributed by atoms with Crippen LogP contribution in [0.25, 0.3) is 0 Å². The van der Waals surface area contributed by atoms with Gasteiger partial charge in [0.05, 0.1) is 5.69 Å². The highest BCUT2D eigenvalue weighted by molar-refractivity contribution is 9.10. The van der Waals surface area contributed by atoms with Crippen LogP contribution in [-0.2, 0) is 4.74 Å². The third kappa shape index (κ3) is 3.92. The maximum absolute atomic E-state index is 11.7. The van der Waals surface area contributed by atoms with E-state index in [1.165, 1.54) is 0 Å². The molecule has 1 aromatic heterocycles. The fourth-order valence-corrected chi connectivity index (χ4v) is 2.18. The zero-order chi connectivity index (χ0) is 13.7.